The molecule has 0 aliphatic carbocycles. The van der Waals surface area contributed by atoms with Gasteiger partial charge in [0.15, 0.2) is 0 Å². The van der Waals surface area contributed by atoms with Gasteiger partial charge in [-0.15, -0.1) is 0 Å². The lowest BCUT2D eigenvalue weighted by atomic mass is 10.1. The van der Waals surface area contributed by atoms with E-state index in [1.54, 1.807) is 36.4 Å². The summed E-state index contributed by atoms with van der Waals surface area (Å²) in [5, 5.41) is 25.0. The molecular weight excluding hydrogens is 452 g/mol. The van der Waals surface area contributed by atoms with Crippen molar-refractivity contribution in [2.24, 2.45) is 5.10 Å². The normalized spacial score (nSPS) is 10.7. The molecule has 0 aliphatic heterocycles. The topological polar surface area (TPSA) is 137 Å². The van der Waals surface area contributed by atoms with E-state index in [9.17, 15) is 20.2 Å². The lowest BCUT2D eigenvalue weighted by molar-refractivity contribution is -0.387. The van der Waals surface area contributed by atoms with Crippen LogP contribution >= 0.6 is 11.8 Å². The number of anilines is 1. The molecule has 0 bridgehead atoms. The van der Waals surface area contributed by atoms with Crippen molar-refractivity contribution in [3.8, 4) is 17.3 Å². The fourth-order valence-corrected chi connectivity index (χ4v) is 3.98. The number of nitro groups is 1. The van der Waals surface area contributed by atoms with E-state index in [4.69, 9.17) is 0 Å². The van der Waals surface area contributed by atoms with Gasteiger partial charge in [0.25, 0.3) is 11.2 Å². The van der Waals surface area contributed by atoms with Crippen molar-refractivity contribution >= 4 is 29.6 Å². The standard InChI is InChI=1S/C24H16N6O3S/c25-14-19-22(17-7-3-1-4-8-17)27-24(28-23(19)31)29-26-15-16-11-12-21(20(13-16)30(32)33)34-18-9-5-2-6-10-18/h1-13,15H,(H2,27,28,29,31). The Hall–Kier alpha value is -4.75. The maximum Gasteiger partial charge on any atom is 0.283 e. The van der Waals surface area contributed by atoms with Gasteiger partial charge in [0, 0.05) is 22.1 Å². The van der Waals surface area contributed by atoms with E-state index in [-0.39, 0.29) is 22.9 Å². The van der Waals surface area contributed by atoms with Gasteiger partial charge < -0.3 is 0 Å². The summed E-state index contributed by atoms with van der Waals surface area (Å²) >= 11 is 1.30. The Balaban J connectivity index is 1.57. The van der Waals surface area contributed by atoms with E-state index in [1.165, 1.54) is 24.0 Å². The summed E-state index contributed by atoms with van der Waals surface area (Å²) in [6.07, 6.45) is 1.38. The van der Waals surface area contributed by atoms with Gasteiger partial charge in [0.05, 0.1) is 21.7 Å². The minimum absolute atomic E-state index is 0.0323. The number of nitro benzene ring substituents is 1. The number of hydrogen-bond acceptors (Lipinski definition) is 8. The monoisotopic (exact) mass is 468 g/mol. The van der Waals surface area contributed by atoms with E-state index in [0.717, 1.165) is 4.90 Å². The number of nitrogens with one attached hydrogen (secondary N) is 2. The van der Waals surface area contributed by atoms with Crippen LogP contribution in [0, 0.1) is 21.4 Å². The van der Waals surface area contributed by atoms with Crippen LogP contribution in [0.4, 0.5) is 11.6 Å². The molecule has 4 rings (SSSR count). The minimum atomic E-state index is -0.605. The molecule has 1 heterocycles. The average Bonchev–Trinajstić information content (AvgIpc) is 2.85. The van der Waals surface area contributed by atoms with Crippen LogP contribution < -0.4 is 11.0 Å². The summed E-state index contributed by atoms with van der Waals surface area (Å²) in [5.41, 5.74) is 3.17. The molecule has 9 nitrogen and oxygen atoms in total. The molecule has 34 heavy (non-hydrogen) atoms. The van der Waals surface area contributed by atoms with Crippen molar-refractivity contribution in [3.05, 3.63) is 110 Å². The lowest BCUT2D eigenvalue weighted by Crippen LogP contribution is -2.16. The third-order valence-electron chi connectivity index (χ3n) is 4.61. The molecule has 0 spiro atoms. The maximum atomic E-state index is 12.3. The Labute approximate surface area is 198 Å². The van der Waals surface area contributed by atoms with E-state index < -0.39 is 10.5 Å². The first kappa shape index (κ1) is 22.4. The Kier molecular flexibility index (Phi) is 6.76. The molecule has 3 aromatic carbocycles. The fraction of sp³-hybridized carbons (Fsp3) is 0. The first-order valence-corrected chi connectivity index (χ1v) is 10.8. The largest absolute Gasteiger partial charge is 0.290 e. The van der Waals surface area contributed by atoms with Crippen molar-refractivity contribution in [1.82, 2.24) is 9.97 Å². The van der Waals surface area contributed by atoms with Gasteiger partial charge in [-0.2, -0.15) is 10.4 Å². The third kappa shape index (κ3) is 5.17. The SMILES string of the molecule is N#Cc1c(-c2ccccc2)nc(NN=Cc2ccc(Sc3ccccc3)c([N+](=O)[O-])c2)[nH]c1=O. The third-order valence-corrected chi connectivity index (χ3v) is 5.69. The molecule has 0 saturated carbocycles. The highest BCUT2D eigenvalue weighted by Crippen LogP contribution is 2.35. The van der Waals surface area contributed by atoms with Gasteiger partial charge in [-0.3, -0.25) is 19.9 Å². The molecule has 166 valence electrons. The zero-order valence-electron chi connectivity index (χ0n) is 17.5. The van der Waals surface area contributed by atoms with E-state index in [0.29, 0.717) is 16.0 Å². The molecule has 10 heteroatoms. The van der Waals surface area contributed by atoms with Gasteiger partial charge in [0.2, 0.25) is 5.95 Å². The fourth-order valence-electron chi connectivity index (χ4n) is 3.06. The number of nitriles is 1. The van der Waals surface area contributed by atoms with E-state index >= 15 is 0 Å². The molecule has 0 fully saturated rings. The summed E-state index contributed by atoms with van der Waals surface area (Å²) in [6, 6.07) is 24.9. The highest BCUT2D eigenvalue weighted by Gasteiger charge is 2.16. The van der Waals surface area contributed by atoms with Crippen molar-refractivity contribution in [2.45, 2.75) is 9.79 Å². The summed E-state index contributed by atoms with van der Waals surface area (Å²) in [6.45, 7) is 0. The second kappa shape index (κ2) is 10.2. The molecular formula is C24H16N6O3S. The molecule has 4 aromatic rings. The van der Waals surface area contributed by atoms with Crippen molar-refractivity contribution in [1.29, 1.82) is 5.26 Å². The Bertz CT molecular complexity index is 1460. The number of nitrogens with zero attached hydrogens (tertiary/aromatic N) is 4. The van der Waals surface area contributed by atoms with Crippen LogP contribution in [0.1, 0.15) is 11.1 Å². The van der Waals surface area contributed by atoms with Crippen LogP contribution in [0.3, 0.4) is 0 Å². The quantitative estimate of drug-likeness (QED) is 0.225. The molecule has 0 amide bonds. The highest BCUT2D eigenvalue weighted by molar-refractivity contribution is 7.99. The Morgan fingerprint density at radius 1 is 1.09 bits per heavy atom. The second-order valence-corrected chi connectivity index (χ2v) is 8.00. The molecule has 0 radical (unpaired) electrons. The molecule has 2 N–H and O–H groups in total. The first-order valence-electron chi connectivity index (χ1n) is 9.95. The van der Waals surface area contributed by atoms with Crippen LogP contribution in [0.25, 0.3) is 11.3 Å². The highest BCUT2D eigenvalue weighted by atomic mass is 32.2. The number of benzene rings is 3. The van der Waals surface area contributed by atoms with Gasteiger partial charge in [-0.05, 0) is 18.2 Å². The van der Waals surface area contributed by atoms with E-state index in [1.807, 2.05) is 42.5 Å². The van der Waals surface area contributed by atoms with Crippen LogP contribution in [0.15, 0.2) is 98.5 Å². The van der Waals surface area contributed by atoms with E-state index in [2.05, 4.69) is 20.5 Å². The van der Waals surface area contributed by atoms with Gasteiger partial charge in [-0.25, -0.2) is 10.4 Å². The summed E-state index contributed by atoms with van der Waals surface area (Å²) in [4.78, 5) is 31.6. The Morgan fingerprint density at radius 3 is 2.47 bits per heavy atom. The van der Waals surface area contributed by atoms with Crippen LogP contribution in [-0.4, -0.2) is 21.1 Å². The maximum absolute atomic E-state index is 12.3. The molecule has 0 saturated heterocycles. The number of rotatable bonds is 7. The van der Waals surface area contributed by atoms with Crippen LogP contribution in [-0.2, 0) is 0 Å². The van der Waals surface area contributed by atoms with Gasteiger partial charge in [-0.1, -0.05) is 66.4 Å². The number of aromatic amines is 1. The summed E-state index contributed by atoms with van der Waals surface area (Å²) in [5.74, 6) is 0.0323. The van der Waals surface area contributed by atoms with Gasteiger partial charge >= 0.3 is 0 Å². The zero-order chi connectivity index (χ0) is 23.9. The number of aromatic nitrogens is 2. The molecule has 0 atom stereocenters. The zero-order valence-corrected chi connectivity index (χ0v) is 18.3. The van der Waals surface area contributed by atoms with Crippen molar-refractivity contribution in [3.63, 3.8) is 0 Å². The number of hydrogen-bond donors (Lipinski definition) is 2. The lowest BCUT2D eigenvalue weighted by Gasteiger charge is -2.06. The second-order valence-electron chi connectivity index (χ2n) is 6.89. The summed E-state index contributed by atoms with van der Waals surface area (Å²) < 4.78 is 0. The number of H-pyrrole nitrogens is 1. The minimum Gasteiger partial charge on any atom is -0.290 e. The summed E-state index contributed by atoms with van der Waals surface area (Å²) in [7, 11) is 0. The van der Waals surface area contributed by atoms with Crippen LogP contribution in [0.5, 0.6) is 0 Å². The van der Waals surface area contributed by atoms with Crippen molar-refractivity contribution in [2.75, 3.05) is 5.43 Å². The molecule has 0 aliphatic rings. The number of hydrazone groups is 1. The van der Waals surface area contributed by atoms with Crippen molar-refractivity contribution < 1.29 is 4.92 Å². The van der Waals surface area contributed by atoms with Gasteiger partial charge in [0.1, 0.15) is 11.6 Å². The first-order chi connectivity index (χ1) is 16.5. The predicted molar refractivity (Wildman–Crippen MR) is 130 cm³/mol. The predicted octanol–water partition coefficient (Wildman–Crippen LogP) is 4.81. The molecule has 1 aromatic heterocycles. The molecule has 0 unspecified atom stereocenters. The van der Waals surface area contributed by atoms with Crippen LogP contribution in [0.2, 0.25) is 0 Å². The Morgan fingerprint density at radius 2 is 1.79 bits per heavy atom. The average molecular weight is 468 g/mol. The smallest absolute Gasteiger partial charge is 0.283 e.